The molecule has 1 fully saturated rings. The van der Waals surface area contributed by atoms with Crippen molar-refractivity contribution in [1.29, 1.82) is 0 Å². The summed E-state index contributed by atoms with van der Waals surface area (Å²) in [6, 6.07) is 0. The molecule has 7 nitrogen and oxygen atoms in total. The Hall–Kier alpha value is -1.60. The first-order valence-corrected chi connectivity index (χ1v) is 4.52. The molecule has 1 aromatic rings. The first kappa shape index (κ1) is 9.94. The summed E-state index contributed by atoms with van der Waals surface area (Å²) in [6.07, 6.45) is 3.36. The average Bonchev–Trinajstić information content (AvgIpc) is 2.68. The smallest absolute Gasteiger partial charge is 0.249 e. The van der Waals surface area contributed by atoms with E-state index in [2.05, 4.69) is 20.5 Å². The zero-order chi connectivity index (χ0) is 10.7. The Balaban J connectivity index is 2.04. The molecule has 0 aromatic carbocycles. The summed E-state index contributed by atoms with van der Waals surface area (Å²) >= 11 is 0. The lowest BCUT2D eigenvalue weighted by atomic mass is 9.99. The van der Waals surface area contributed by atoms with Crippen LogP contribution in [-0.2, 0) is 9.53 Å². The molecule has 1 aliphatic heterocycles. The van der Waals surface area contributed by atoms with E-state index >= 15 is 0 Å². The van der Waals surface area contributed by atoms with Gasteiger partial charge in [0.25, 0.3) is 0 Å². The number of carbonyl (C=O) groups excluding carboxylic acids is 1. The van der Waals surface area contributed by atoms with E-state index in [0.29, 0.717) is 13.0 Å². The maximum atomic E-state index is 11.7. The second kappa shape index (κ2) is 3.87. The Kier molecular flexibility index (Phi) is 2.57. The van der Waals surface area contributed by atoms with Gasteiger partial charge in [0.1, 0.15) is 5.54 Å². The molecule has 1 amide bonds. The fourth-order valence-corrected chi connectivity index (χ4v) is 1.29. The van der Waals surface area contributed by atoms with Crippen LogP contribution in [0, 0.1) is 0 Å². The third kappa shape index (κ3) is 2.08. The van der Waals surface area contributed by atoms with Crippen LogP contribution < -0.4 is 11.1 Å². The highest BCUT2D eigenvalue weighted by atomic mass is 16.5. The number of nitrogens with zero attached hydrogens (tertiary/aromatic N) is 3. The molecule has 0 aliphatic carbocycles. The number of anilines is 1. The molecule has 1 atom stereocenters. The molecule has 1 saturated heterocycles. The number of amides is 1. The number of nitrogens with two attached hydrogens (primary N) is 1. The van der Waals surface area contributed by atoms with Crippen LogP contribution in [0.1, 0.15) is 6.42 Å². The molecular formula is C8H11N5O2. The Morgan fingerprint density at radius 1 is 1.60 bits per heavy atom. The topological polar surface area (TPSA) is 103 Å². The zero-order valence-corrected chi connectivity index (χ0v) is 8.01. The third-order valence-corrected chi connectivity index (χ3v) is 2.21. The van der Waals surface area contributed by atoms with Gasteiger partial charge < -0.3 is 10.5 Å². The van der Waals surface area contributed by atoms with Crippen molar-refractivity contribution in [3.63, 3.8) is 0 Å². The van der Waals surface area contributed by atoms with Gasteiger partial charge in [0.2, 0.25) is 11.9 Å². The Morgan fingerprint density at radius 2 is 2.47 bits per heavy atom. The predicted molar refractivity (Wildman–Crippen MR) is 50.8 cm³/mol. The van der Waals surface area contributed by atoms with Crippen LogP contribution in [0.4, 0.5) is 5.95 Å². The normalized spacial score (nSPS) is 25.1. The highest BCUT2D eigenvalue weighted by Crippen LogP contribution is 2.16. The van der Waals surface area contributed by atoms with Crippen molar-refractivity contribution in [3.05, 3.63) is 12.4 Å². The van der Waals surface area contributed by atoms with Crippen LogP contribution in [0.2, 0.25) is 0 Å². The van der Waals surface area contributed by atoms with Crippen LogP contribution in [0.25, 0.3) is 0 Å². The predicted octanol–water partition coefficient (Wildman–Crippen LogP) is -1.07. The van der Waals surface area contributed by atoms with Gasteiger partial charge in [-0.3, -0.25) is 10.1 Å². The van der Waals surface area contributed by atoms with Crippen LogP contribution in [0.3, 0.4) is 0 Å². The maximum Gasteiger partial charge on any atom is 0.249 e. The minimum absolute atomic E-state index is 0.152. The summed E-state index contributed by atoms with van der Waals surface area (Å²) in [7, 11) is 0. The molecule has 0 saturated carbocycles. The summed E-state index contributed by atoms with van der Waals surface area (Å²) in [5, 5.41) is 9.72. The lowest BCUT2D eigenvalue weighted by Gasteiger charge is -2.19. The molecule has 3 N–H and O–H groups in total. The fraction of sp³-hybridized carbons (Fsp3) is 0.500. The molecular weight excluding hydrogens is 198 g/mol. The number of hydrogen-bond donors (Lipinski definition) is 2. The van der Waals surface area contributed by atoms with E-state index in [0.717, 1.165) is 0 Å². The van der Waals surface area contributed by atoms with E-state index in [-0.39, 0.29) is 18.5 Å². The lowest BCUT2D eigenvalue weighted by Crippen LogP contribution is -2.51. The fourth-order valence-electron chi connectivity index (χ4n) is 1.29. The quantitative estimate of drug-likeness (QED) is 0.642. The van der Waals surface area contributed by atoms with Gasteiger partial charge in [-0.2, -0.15) is 5.10 Å². The molecule has 1 aliphatic rings. The monoisotopic (exact) mass is 209 g/mol. The number of hydrogen-bond acceptors (Lipinski definition) is 6. The van der Waals surface area contributed by atoms with Crippen LogP contribution in [0.15, 0.2) is 12.4 Å². The lowest BCUT2D eigenvalue weighted by molar-refractivity contribution is -0.121. The van der Waals surface area contributed by atoms with Crippen molar-refractivity contribution < 1.29 is 9.53 Å². The van der Waals surface area contributed by atoms with E-state index in [1.54, 1.807) is 0 Å². The number of aromatic nitrogens is 3. The molecule has 1 aromatic heterocycles. The molecule has 1 unspecified atom stereocenters. The van der Waals surface area contributed by atoms with Gasteiger partial charge in [0.05, 0.1) is 19.0 Å². The van der Waals surface area contributed by atoms with Crippen molar-refractivity contribution in [3.8, 4) is 0 Å². The molecule has 7 heteroatoms. The first-order valence-electron chi connectivity index (χ1n) is 4.52. The summed E-state index contributed by atoms with van der Waals surface area (Å²) < 4.78 is 5.08. The van der Waals surface area contributed by atoms with E-state index in [1.165, 1.54) is 12.4 Å². The number of rotatable bonds is 2. The molecule has 2 rings (SSSR count). The minimum Gasteiger partial charge on any atom is -0.379 e. The van der Waals surface area contributed by atoms with Crippen molar-refractivity contribution in [1.82, 2.24) is 15.2 Å². The van der Waals surface area contributed by atoms with Gasteiger partial charge in [-0.25, -0.2) is 4.98 Å². The van der Waals surface area contributed by atoms with Gasteiger partial charge >= 0.3 is 0 Å². The van der Waals surface area contributed by atoms with Gasteiger partial charge in [-0.15, -0.1) is 5.10 Å². The number of nitrogens with one attached hydrogen (secondary N) is 1. The second-order valence-corrected chi connectivity index (χ2v) is 3.38. The molecule has 0 spiro atoms. The van der Waals surface area contributed by atoms with E-state index in [1.807, 2.05) is 0 Å². The SMILES string of the molecule is NC1(C(=O)Nc2nccnn2)CCOC1. The average molecular weight is 209 g/mol. The van der Waals surface area contributed by atoms with Crippen molar-refractivity contribution in [2.24, 2.45) is 5.73 Å². The Bertz CT molecular complexity index is 349. The van der Waals surface area contributed by atoms with Gasteiger partial charge in [-0.05, 0) is 6.42 Å². The largest absolute Gasteiger partial charge is 0.379 e. The molecule has 0 radical (unpaired) electrons. The van der Waals surface area contributed by atoms with E-state index in [9.17, 15) is 4.79 Å². The zero-order valence-electron chi connectivity index (χ0n) is 8.01. The standard InChI is InChI=1S/C8H11N5O2/c9-8(1-4-15-5-8)6(14)12-7-10-2-3-11-13-7/h2-3H,1,4-5,9H2,(H,10,12,13,14). The van der Waals surface area contributed by atoms with Crippen LogP contribution >= 0.6 is 0 Å². The highest BCUT2D eigenvalue weighted by Gasteiger charge is 2.38. The van der Waals surface area contributed by atoms with Crippen LogP contribution in [0.5, 0.6) is 0 Å². The first-order chi connectivity index (χ1) is 7.21. The van der Waals surface area contributed by atoms with Gasteiger partial charge in [0.15, 0.2) is 0 Å². The van der Waals surface area contributed by atoms with Crippen molar-refractivity contribution >= 4 is 11.9 Å². The molecule has 15 heavy (non-hydrogen) atoms. The molecule has 80 valence electrons. The number of ether oxygens (including phenoxy) is 1. The number of carbonyl (C=O) groups is 1. The van der Waals surface area contributed by atoms with Crippen molar-refractivity contribution in [2.75, 3.05) is 18.5 Å². The molecule has 2 heterocycles. The van der Waals surface area contributed by atoms with Crippen LogP contribution in [-0.4, -0.2) is 39.8 Å². The maximum absolute atomic E-state index is 11.7. The van der Waals surface area contributed by atoms with E-state index in [4.69, 9.17) is 10.5 Å². The van der Waals surface area contributed by atoms with E-state index < -0.39 is 5.54 Å². The summed E-state index contributed by atoms with van der Waals surface area (Å²) in [4.78, 5) is 15.5. The minimum atomic E-state index is -0.973. The Labute approximate surface area is 86.0 Å². The molecule has 0 bridgehead atoms. The highest BCUT2D eigenvalue weighted by molar-refractivity contribution is 5.96. The summed E-state index contributed by atoms with van der Waals surface area (Å²) in [5.41, 5.74) is 4.86. The van der Waals surface area contributed by atoms with Crippen molar-refractivity contribution in [2.45, 2.75) is 12.0 Å². The summed E-state index contributed by atoms with van der Waals surface area (Å²) in [5.74, 6) is -0.188. The van der Waals surface area contributed by atoms with Gasteiger partial charge in [0, 0.05) is 6.61 Å². The van der Waals surface area contributed by atoms with Gasteiger partial charge in [-0.1, -0.05) is 0 Å². The third-order valence-electron chi connectivity index (χ3n) is 2.21. The summed E-state index contributed by atoms with van der Waals surface area (Å²) in [6.45, 7) is 0.719. The second-order valence-electron chi connectivity index (χ2n) is 3.38. The Morgan fingerprint density at radius 3 is 3.07 bits per heavy atom.